The van der Waals surface area contributed by atoms with Crippen molar-refractivity contribution in [2.45, 2.75) is 5.41 Å². The number of hydrogen-bond donors (Lipinski definition) is 1. The molecule has 3 nitrogen and oxygen atoms in total. The first-order valence-electron chi connectivity index (χ1n) is 5.28. The number of likely N-dealkylation sites (N-methyl/N-ethyl adjacent to an activating group) is 1. The average Bonchev–Trinajstić information content (AvgIpc) is 2.23. The third-order valence-electron chi connectivity index (χ3n) is 3.04. The summed E-state index contributed by atoms with van der Waals surface area (Å²) in [4.78, 5) is 0. The fraction of sp³-hybridized carbons (Fsp3) is 0.500. The Morgan fingerprint density at radius 3 is 2.69 bits per heavy atom. The SMILES string of the molecule is CNCC1(c2ccc(OC)c(F)c2)COC1. The van der Waals surface area contributed by atoms with Gasteiger partial charge in [0, 0.05) is 6.54 Å². The van der Waals surface area contributed by atoms with Gasteiger partial charge in [0.2, 0.25) is 0 Å². The quantitative estimate of drug-likeness (QED) is 0.838. The summed E-state index contributed by atoms with van der Waals surface area (Å²) in [6.07, 6.45) is 0. The van der Waals surface area contributed by atoms with Gasteiger partial charge in [-0.3, -0.25) is 0 Å². The minimum absolute atomic E-state index is 0.0815. The van der Waals surface area contributed by atoms with E-state index in [1.165, 1.54) is 7.11 Å². The molecular weight excluding hydrogens is 209 g/mol. The Morgan fingerprint density at radius 1 is 1.50 bits per heavy atom. The molecule has 0 spiro atoms. The van der Waals surface area contributed by atoms with Gasteiger partial charge >= 0.3 is 0 Å². The van der Waals surface area contributed by atoms with Crippen LogP contribution in [0, 0.1) is 5.82 Å². The molecule has 4 heteroatoms. The van der Waals surface area contributed by atoms with Gasteiger partial charge in [-0.1, -0.05) is 6.07 Å². The summed E-state index contributed by atoms with van der Waals surface area (Å²) in [6.45, 7) is 2.07. The predicted octanol–water partition coefficient (Wildman–Crippen LogP) is 1.32. The fourth-order valence-corrected chi connectivity index (χ4v) is 2.05. The Hall–Kier alpha value is -1.13. The van der Waals surface area contributed by atoms with E-state index in [4.69, 9.17) is 9.47 Å². The lowest BCUT2D eigenvalue weighted by molar-refractivity contribution is -0.0583. The standard InChI is InChI=1S/C12H16FNO2/c1-14-6-12(7-16-8-12)9-3-4-11(15-2)10(13)5-9/h3-5,14H,6-8H2,1-2H3. The Morgan fingerprint density at radius 2 is 2.25 bits per heavy atom. The van der Waals surface area contributed by atoms with Crippen LogP contribution in [0.15, 0.2) is 18.2 Å². The monoisotopic (exact) mass is 225 g/mol. The van der Waals surface area contributed by atoms with Crippen molar-refractivity contribution in [2.75, 3.05) is 33.9 Å². The van der Waals surface area contributed by atoms with E-state index in [9.17, 15) is 4.39 Å². The molecule has 0 aliphatic carbocycles. The third-order valence-corrected chi connectivity index (χ3v) is 3.04. The molecule has 16 heavy (non-hydrogen) atoms. The maximum absolute atomic E-state index is 13.6. The molecule has 1 aliphatic rings. The molecule has 2 rings (SSSR count). The van der Waals surface area contributed by atoms with Gasteiger partial charge < -0.3 is 14.8 Å². The van der Waals surface area contributed by atoms with Crippen LogP contribution in [0.25, 0.3) is 0 Å². The topological polar surface area (TPSA) is 30.5 Å². The van der Waals surface area contributed by atoms with E-state index < -0.39 is 0 Å². The van der Waals surface area contributed by atoms with E-state index in [0.717, 1.165) is 12.1 Å². The van der Waals surface area contributed by atoms with Gasteiger partial charge in [-0.05, 0) is 24.7 Å². The van der Waals surface area contributed by atoms with Crippen molar-refractivity contribution in [3.05, 3.63) is 29.6 Å². The molecular formula is C12H16FNO2. The van der Waals surface area contributed by atoms with Crippen LogP contribution in [0.2, 0.25) is 0 Å². The number of benzene rings is 1. The first-order chi connectivity index (χ1) is 7.72. The van der Waals surface area contributed by atoms with Crippen molar-refractivity contribution in [2.24, 2.45) is 0 Å². The van der Waals surface area contributed by atoms with Gasteiger partial charge in [-0.25, -0.2) is 4.39 Å². The molecule has 0 saturated carbocycles. The van der Waals surface area contributed by atoms with E-state index >= 15 is 0 Å². The molecule has 1 saturated heterocycles. The maximum atomic E-state index is 13.6. The zero-order chi connectivity index (χ0) is 11.6. The number of ether oxygens (including phenoxy) is 2. The number of rotatable bonds is 4. The molecule has 0 radical (unpaired) electrons. The molecule has 0 unspecified atom stereocenters. The van der Waals surface area contributed by atoms with Crippen molar-refractivity contribution in [1.29, 1.82) is 0 Å². The van der Waals surface area contributed by atoms with Crippen LogP contribution in [0.3, 0.4) is 0 Å². The van der Waals surface area contributed by atoms with Crippen molar-refractivity contribution in [3.8, 4) is 5.75 Å². The molecule has 1 heterocycles. The second-order valence-corrected chi connectivity index (χ2v) is 4.15. The molecule has 0 bridgehead atoms. The highest BCUT2D eigenvalue weighted by Gasteiger charge is 2.40. The van der Waals surface area contributed by atoms with Crippen LogP contribution < -0.4 is 10.1 Å². The van der Waals surface area contributed by atoms with Crippen LogP contribution in [0.1, 0.15) is 5.56 Å². The van der Waals surface area contributed by atoms with Crippen molar-refractivity contribution < 1.29 is 13.9 Å². The van der Waals surface area contributed by atoms with Crippen molar-refractivity contribution in [1.82, 2.24) is 5.32 Å². The fourth-order valence-electron chi connectivity index (χ4n) is 2.05. The molecule has 1 aromatic rings. The van der Waals surface area contributed by atoms with E-state index in [1.54, 1.807) is 12.1 Å². The van der Waals surface area contributed by atoms with Crippen molar-refractivity contribution in [3.63, 3.8) is 0 Å². The van der Waals surface area contributed by atoms with Gasteiger partial charge in [0.1, 0.15) is 0 Å². The van der Waals surface area contributed by atoms with Gasteiger partial charge in [0.05, 0.1) is 25.7 Å². The Balaban J connectivity index is 2.29. The summed E-state index contributed by atoms with van der Waals surface area (Å²) in [5.74, 6) is -0.0361. The van der Waals surface area contributed by atoms with Crippen LogP contribution in [-0.4, -0.2) is 33.9 Å². The first kappa shape index (κ1) is 11.4. The molecule has 0 amide bonds. The van der Waals surface area contributed by atoms with Crippen LogP contribution in [0.4, 0.5) is 4.39 Å². The summed E-state index contributed by atoms with van der Waals surface area (Å²) in [5, 5.41) is 3.12. The lowest BCUT2D eigenvalue weighted by Gasteiger charge is -2.42. The zero-order valence-electron chi connectivity index (χ0n) is 9.55. The number of hydrogen-bond acceptors (Lipinski definition) is 3. The Bertz CT molecular complexity index is 377. The lowest BCUT2D eigenvalue weighted by atomic mass is 9.78. The Kier molecular flexibility index (Phi) is 3.12. The molecule has 1 fully saturated rings. The number of nitrogens with one attached hydrogen (secondary N) is 1. The van der Waals surface area contributed by atoms with Gasteiger partial charge in [-0.2, -0.15) is 0 Å². The molecule has 1 aromatic carbocycles. The van der Waals surface area contributed by atoms with E-state index in [1.807, 2.05) is 13.1 Å². The van der Waals surface area contributed by atoms with Crippen LogP contribution in [0.5, 0.6) is 5.75 Å². The van der Waals surface area contributed by atoms with Gasteiger partial charge in [0.25, 0.3) is 0 Å². The average molecular weight is 225 g/mol. The number of halogens is 1. The highest BCUT2D eigenvalue weighted by Crippen LogP contribution is 2.33. The summed E-state index contributed by atoms with van der Waals surface area (Å²) in [6, 6.07) is 5.11. The highest BCUT2D eigenvalue weighted by molar-refractivity contribution is 5.35. The van der Waals surface area contributed by atoms with E-state index in [2.05, 4.69) is 5.32 Å². The highest BCUT2D eigenvalue weighted by atomic mass is 19.1. The van der Waals surface area contributed by atoms with Gasteiger partial charge in [0.15, 0.2) is 11.6 Å². The second kappa shape index (κ2) is 4.39. The first-order valence-corrected chi connectivity index (χ1v) is 5.28. The molecule has 88 valence electrons. The minimum Gasteiger partial charge on any atom is -0.494 e. The Labute approximate surface area is 94.6 Å². The summed E-state index contributed by atoms with van der Waals surface area (Å²) >= 11 is 0. The summed E-state index contributed by atoms with van der Waals surface area (Å²) in [5.41, 5.74) is 0.883. The molecule has 0 atom stereocenters. The predicted molar refractivity (Wildman–Crippen MR) is 59.4 cm³/mol. The summed E-state index contributed by atoms with van der Waals surface area (Å²) in [7, 11) is 3.36. The zero-order valence-corrected chi connectivity index (χ0v) is 9.55. The second-order valence-electron chi connectivity index (χ2n) is 4.15. The minimum atomic E-state index is -0.317. The van der Waals surface area contributed by atoms with Crippen LogP contribution >= 0.6 is 0 Å². The summed E-state index contributed by atoms with van der Waals surface area (Å²) < 4.78 is 23.7. The van der Waals surface area contributed by atoms with Gasteiger partial charge in [-0.15, -0.1) is 0 Å². The lowest BCUT2D eigenvalue weighted by Crippen LogP contribution is -2.52. The van der Waals surface area contributed by atoms with E-state index in [0.29, 0.717) is 13.2 Å². The molecule has 0 aromatic heterocycles. The normalized spacial score (nSPS) is 17.9. The van der Waals surface area contributed by atoms with Crippen molar-refractivity contribution >= 4 is 0 Å². The smallest absolute Gasteiger partial charge is 0.165 e. The molecule has 1 N–H and O–H groups in total. The third kappa shape index (κ3) is 1.79. The largest absolute Gasteiger partial charge is 0.494 e. The number of methoxy groups -OCH3 is 1. The maximum Gasteiger partial charge on any atom is 0.165 e. The molecule has 1 aliphatic heterocycles. The van der Waals surface area contributed by atoms with E-state index in [-0.39, 0.29) is 17.0 Å². The van der Waals surface area contributed by atoms with Crippen LogP contribution in [-0.2, 0) is 10.2 Å².